The molecule has 0 radical (unpaired) electrons. The van der Waals surface area contributed by atoms with Crippen molar-refractivity contribution >= 4 is 29.1 Å². The fraction of sp³-hybridized carbons (Fsp3) is 0.167. The number of aromatic nitrogens is 2. The van der Waals surface area contributed by atoms with Gasteiger partial charge in [0.1, 0.15) is 23.3 Å². The number of rotatable bonds is 6. The fourth-order valence-electron chi connectivity index (χ4n) is 3.77. The summed E-state index contributed by atoms with van der Waals surface area (Å²) in [4.78, 5) is 36.0. The van der Waals surface area contributed by atoms with E-state index in [1.54, 1.807) is 48.9 Å². The molecule has 1 aliphatic rings. The van der Waals surface area contributed by atoms with Crippen molar-refractivity contribution in [3.05, 3.63) is 88.5 Å². The molecule has 1 unspecified atom stereocenters. The van der Waals surface area contributed by atoms with E-state index in [-0.39, 0.29) is 28.5 Å². The van der Waals surface area contributed by atoms with E-state index in [1.165, 1.54) is 31.3 Å². The Morgan fingerprint density at radius 1 is 1.09 bits per heavy atom. The van der Waals surface area contributed by atoms with Gasteiger partial charge in [0.25, 0.3) is 11.7 Å². The van der Waals surface area contributed by atoms with Gasteiger partial charge >= 0.3 is 0 Å². The van der Waals surface area contributed by atoms with Crippen LogP contribution in [0.2, 0.25) is 5.02 Å². The SMILES string of the molecule is COc1cc(OC)c(/C(O)=C2\C(=O)C(=O)N(Cc3cccnc3)C2c2ccccn2)cc1Cl. The minimum atomic E-state index is -0.919. The molecule has 1 amide bonds. The van der Waals surface area contributed by atoms with E-state index in [9.17, 15) is 14.7 Å². The van der Waals surface area contributed by atoms with Gasteiger partial charge in [0, 0.05) is 31.2 Å². The van der Waals surface area contributed by atoms with Crippen LogP contribution < -0.4 is 9.47 Å². The lowest BCUT2D eigenvalue weighted by molar-refractivity contribution is -0.140. The number of amides is 1. The smallest absolute Gasteiger partial charge is 0.296 e. The van der Waals surface area contributed by atoms with Crippen molar-refractivity contribution in [2.75, 3.05) is 14.2 Å². The topological polar surface area (TPSA) is 102 Å². The van der Waals surface area contributed by atoms with E-state index in [0.717, 1.165) is 5.56 Å². The van der Waals surface area contributed by atoms with Crippen molar-refractivity contribution in [3.8, 4) is 11.5 Å². The Morgan fingerprint density at radius 3 is 2.52 bits per heavy atom. The molecule has 33 heavy (non-hydrogen) atoms. The van der Waals surface area contributed by atoms with Crippen molar-refractivity contribution in [2.24, 2.45) is 0 Å². The number of aliphatic hydroxyl groups excluding tert-OH is 1. The number of hydrogen-bond acceptors (Lipinski definition) is 7. The van der Waals surface area contributed by atoms with Crippen LogP contribution in [0.1, 0.15) is 22.9 Å². The Morgan fingerprint density at radius 2 is 1.88 bits per heavy atom. The van der Waals surface area contributed by atoms with Gasteiger partial charge in [0.05, 0.1) is 36.1 Å². The van der Waals surface area contributed by atoms with Crippen LogP contribution >= 0.6 is 11.6 Å². The van der Waals surface area contributed by atoms with Crippen LogP contribution in [0.3, 0.4) is 0 Å². The van der Waals surface area contributed by atoms with E-state index in [1.807, 2.05) is 0 Å². The molecule has 0 saturated carbocycles. The second kappa shape index (κ2) is 9.30. The van der Waals surface area contributed by atoms with Gasteiger partial charge in [-0.2, -0.15) is 0 Å². The number of hydrogen-bond donors (Lipinski definition) is 1. The molecule has 9 heteroatoms. The lowest BCUT2D eigenvalue weighted by Gasteiger charge is -2.24. The summed E-state index contributed by atoms with van der Waals surface area (Å²) in [7, 11) is 2.86. The number of carbonyl (C=O) groups is 2. The molecule has 1 N–H and O–H groups in total. The highest BCUT2D eigenvalue weighted by atomic mass is 35.5. The van der Waals surface area contributed by atoms with E-state index in [4.69, 9.17) is 21.1 Å². The second-order valence-electron chi connectivity index (χ2n) is 7.23. The first kappa shape index (κ1) is 22.3. The standard InChI is InChI=1S/C24H20ClN3O5/c1-32-18-11-19(33-2)16(25)10-15(18)22(29)20-21(17-7-3-4-9-27-17)28(24(31)23(20)30)13-14-6-5-8-26-12-14/h3-12,21,29H,13H2,1-2H3/b22-20+. The van der Waals surface area contributed by atoms with Crippen molar-refractivity contribution in [1.29, 1.82) is 0 Å². The lowest BCUT2D eigenvalue weighted by atomic mass is 9.97. The first-order valence-electron chi connectivity index (χ1n) is 9.96. The van der Waals surface area contributed by atoms with Crippen LogP contribution in [-0.4, -0.2) is 45.9 Å². The number of benzene rings is 1. The van der Waals surface area contributed by atoms with Crippen molar-refractivity contribution in [1.82, 2.24) is 14.9 Å². The van der Waals surface area contributed by atoms with Crippen molar-refractivity contribution in [3.63, 3.8) is 0 Å². The van der Waals surface area contributed by atoms with Crippen LogP contribution in [0.4, 0.5) is 0 Å². The minimum Gasteiger partial charge on any atom is -0.507 e. The number of carbonyl (C=O) groups excluding carboxylic acids is 2. The van der Waals surface area contributed by atoms with Crippen LogP contribution in [0, 0.1) is 0 Å². The lowest BCUT2D eigenvalue weighted by Crippen LogP contribution is -2.29. The number of nitrogens with zero attached hydrogens (tertiary/aromatic N) is 3. The van der Waals surface area contributed by atoms with Crippen molar-refractivity contribution in [2.45, 2.75) is 12.6 Å². The van der Waals surface area contributed by atoms with Crippen LogP contribution in [0.15, 0.2) is 66.6 Å². The Bertz CT molecular complexity index is 1230. The summed E-state index contributed by atoms with van der Waals surface area (Å²) in [6.45, 7) is 0.108. The fourth-order valence-corrected chi connectivity index (χ4v) is 4.01. The molecule has 1 atom stereocenters. The summed E-state index contributed by atoms with van der Waals surface area (Å²) >= 11 is 6.27. The van der Waals surface area contributed by atoms with E-state index < -0.39 is 23.5 Å². The highest BCUT2D eigenvalue weighted by Gasteiger charge is 2.47. The highest BCUT2D eigenvalue weighted by molar-refractivity contribution is 6.46. The number of likely N-dealkylation sites (tertiary alicyclic amines) is 1. The summed E-state index contributed by atoms with van der Waals surface area (Å²) in [5.74, 6) is -1.44. The summed E-state index contributed by atoms with van der Waals surface area (Å²) in [6, 6.07) is 10.7. The molecule has 168 valence electrons. The Hall–Kier alpha value is -3.91. The maximum Gasteiger partial charge on any atom is 0.296 e. The number of ether oxygens (including phenoxy) is 2. The number of halogens is 1. The molecular weight excluding hydrogens is 446 g/mol. The zero-order valence-electron chi connectivity index (χ0n) is 17.9. The van der Waals surface area contributed by atoms with Crippen LogP contribution in [0.5, 0.6) is 11.5 Å². The molecule has 0 bridgehead atoms. The van der Waals surface area contributed by atoms with Gasteiger partial charge in [-0.25, -0.2) is 0 Å². The van der Waals surface area contributed by atoms with Gasteiger partial charge in [0.2, 0.25) is 0 Å². The Labute approximate surface area is 195 Å². The molecule has 1 fully saturated rings. The van der Waals surface area contributed by atoms with E-state index in [0.29, 0.717) is 11.4 Å². The first-order chi connectivity index (χ1) is 16.0. The van der Waals surface area contributed by atoms with Crippen LogP contribution in [0.25, 0.3) is 5.76 Å². The Kier molecular flexibility index (Phi) is 6.28. The predicted molar refractivity (Wildman–Crippen MR) is 121 cm³/mol. The average molecular weight is 466 g/mol. The maximum absolute atomic E-state index is 13.2. The van der Waals surface area contributed by atoms with Gasteiger partial charge in [-0.3, -0.25) is 19.6 Å². The van der Waals surface area contributed by atoms with E-state index in [2.05, 4.69) is 9.97 Å². The number of ketones is 1. The van der Waals surface area contributed by atoms with Gasteiger partial charge < -0.3 is 19.5 Å². The number of pyridine rings is 2. The van der Waals surface area contributed by atoms with Gasteiger partial charge in [-0.15, -0.1) is 0 Å². The normalized spacial score (nSPS) is 17.3. The molecule has 1 aliphatic heterocycles. The molecule has 3 heterocycles. The van der Waals surface area contributed by atoms with Gasteiger partial charge in [-0.05, 0) is 29.8 Å². The summed E-state index contributed by atoms with van der Waals surface area (Å²) < 4.78 is 10.6. The first-order valence-corrected chi connectivity index (χ1v) is 10.3. The van der Waals surface area contributed by atoms with Crippen LogP contribution in [-0.2, 0) is 16.1 Å². The molecule has 1 aromatic carbocycles. The number of Topliss-reactive ketones (excluding diaryl/α,β-unsaturated/α-hetero) is 1. The third-order valence-electron chi connectivity index (χ3n) is 5.31. The summed E-state index contributed by atoms with van der Waals surface area (Å²) in [5, 5.41) is 11.5. The van der Waals surface area contributed by atoms with E-state index >= 15 is 0 Å². The van der Waals surface area contributed by atoms with Crippen molar-refractivity contribution < 1.29 is 24.2 Å². The summed E-state index contributed by atoms with van der Waals surface area (Å²) in [5.41, 5.74) is 1.21. The molecule has 2 aromatic heterocycles. The molecule has 1 saturated heterocycles. The average Bonchev–Trinajstić information content (AvgIpc) is 3.09. The summed E-state index contributed by atoms with van der Waals surface area (Å²) in [6.07, 6.45) is 4.79. The third kappa shape index (κ3) is 4.12. The molecule has 3 aromatic rings. The van der Waals surface area contributed by atoms with Gasteiger partial charge in [0.15, 0.2) is 0 Å². The monoisotopic (exact) mass is 465 g/mol. The maximum atomic E-state index is 13.2. The minimum absolute atomic E-state index is 0.108. The number of aliphatic hydroxyl groups is 1. The molecular formula is C24H20ClN3O5. The molecule has 4 rings (SSSR count). The quantitative estimate of drug-likeness (QED) is 0.336. The molecule has 0 aliphatic carbocycles. The Balaban J connectivity index is 1.90. The second-order valence-corrected chi connectivity index (χ2v) is 7.64. The number of methoxy groups -OCH3 is 2. The third-order valence-corrected chi connectivity index (χ3v) is 5.61. The largest absolute Gasteiger partial charge is 0.507 e. The highest BCUT2D eigenvalue weighted by Crippen LogP contribution is 2.43. The van der Waals surface area contributed by atoms with Gasteiger partial charge in [-0.1, -0.05) is 23.7 Å². The zero-order chi connectivity index (χ0) is 23.5. The zero-order valence-corrected chi connectivity index (χ0v) is 18.6. The molecule has 8 nitrogen and oxygen atoms in total. The predicted octanol–water partition coefficient (Wildman–Crippen LogP) is 3.77. The molecule has 0 spiro atoms.